The van der Waals surface area contributed by atoms with Crippen LogP contribution in [-0.2, 0) is 21.4 Å². The van der Waals surface area contributed by atoms with Crippen molar-refractivity contribution in [3.8, 4) is 5.75 Å². The van der Waals surface area contributed by atoms with Crippen LogP contribution >= 0.6 is 11.6 Å². The van der Waals surface area contributed by atoms with E-state index >= 15 is 0 Å². The van der Waals surface area contributed by atoms with Gasteiger partial charge in [0.25, 0.3) is 5.91 Å². The van der Waals surface area contributed by atoms with E-state index < -0.39 is 10.0 Å². The molecule has 0 spiro atoms. The van der Waals surface area contributed by atoms with Crippen LogP contribution in [0.25, 0.3) is 0 Å². The Morgan fingerprint density at radius 1 is 1.12 bits per heavy atom. The molecule has 1 amide bonds. The first-order chi connectivity index (χ1) is 11.4. The molecule has 2 aromatic carbocycles. The van der Waals surface area contributed by atoms with Crippen molar-refractivity contribution in [1.82, 2.24) is 10.0 Å². The Morgan fingerprint density at radius 3 is 2.42 bits per heavy atom. The highest BCUT2D eigenvalue weighted by atomic mass is 35.5. The minimum atomic E-state index is -3.67. The van der Waals surface area contributed by atoms with Gasteiger partial charge < -0.3 is 10.1 Å². The van der Waals surface area contributed by atoms with Crippen LogP contribution in [0.1, 0.15) is 5.56 Å². The van der Waals surface area contributed by atoms with Crippen LogP contribution in [0.2, 0.25) is 5.02 Å². The van der Waals surface area contributed by atoms with Crippen molar-refractivity contribution in [3.63, 3.8) is 0 Å². The lowest BCUT2D eigenvalue weighted by atomic mass is 10.2. The van der Waals surface area contributed by atoms with E-state index in [9.17, 15) is 13.2 Å². The predicted molar refractivity (Wildman–Crippen MR) is 91.5 cm³/mol. The molecule has 0 radical (unpaired) electrons. The number of carbonyl (C=O) groups excluding carboxylic acids is 1. The molecule has 0 aliphatic carbocycles. The molecule has 0 aromatic heterocycles. The minimum Gasteiger partial charge on any atom is -0.484 e. The number of sulfonamides is 1. The molecule has 6 nitrogen and oxygen atoms in total. The van der Waals surface area contributed by atoms with E-state index in [1.54, 1.807) is 24.3 Å². The van der Waals surface area contributed by atoms with Gasteiger partial charge in [0.2, 0.25) is 10.0 Å². The number of hydrogen-bond donors (Lipinski definition) is 2. The summed E-state index contributed by atoms with van der Waals surface area (Å²) in [5.41, 5.74) is 0.688. The molecule has 2 N–H and O–H groups in total. The Hall–Kier alpha value is -2.09. The van der Waals surface area contributed by atoms with Crippen LogP contribution in [0.15, 0.2) is 53.4 Å². The van der Waals surface area contributed by atoms with Crippen molar-refractivity contribution in [2.75, 3.05) is 13.7 Å². The number of benzene rings is 2. The number of rotatable bonds is 7. The molecule has 0 heterocycles. The maximum atomic E-state index is 12.3. The second-order valence-corrected chi connectivity index (χ2v) is 7.02. The molecule has 0 saturated heterocycles. The first kappa shape index (κ1) is 18.3. The number of halogens is 1. The van der Waals surface area contributed by atoms with E-state index in [0.717, 1.165) is 0 Å². The SMILES string of the molecule is CNC(=O)COc1ccc(S(=O)(=O)NCc2ccccc2Cl)cc1. The van der Waals surface area contributed by atoms with Crippen molar-refractivity contribution in [2.45, 2.75) is 11.4 Å². The number of hydrogen-bond acceptors (Lipinski definition) is 4. The number of amides is 1. The molecule has 0 unspecified atom stereocenters. The molecule has 0 atom stereocenters. The zero-order chi connectivity index (χ0) is 17.6. The van der Waals surface area contributed by atoms with Gasteiger partial charge in [-0.2, -0.15) is 0 Å². The van der Waals surface area contributed by atoms with Gasteiger partial charge in [0.15, 0.2) is 6.61 Å². The van der Waals surface area contributed by atoms with Gasteiger partial charge in [-0.3, -0.25) is 4.79 Å². The van der Waals surface area contributed by atoms with Gasteiger partial charge in [-0.25, -0.2) is 13.1 Å². The van der Waals surface area contributed by atoms with Crippen molar-refractivity contribution in [1.29, 1.82) is 0 Å². The van der Waals surface area contributed by atoms with Gasteiger partial charge in [0, 0.05) is 18.6 Å². The first-order valence-corrected chi connectivity index (χ1v) is 8.95. The minimum absolute atomic E-state index is 0.0942. The summed E-state index contributed by atoms with van der Waals surface area (Å²) in [5.74, 6) is 0.136. The van der Waals surface area contributed by atoms with Crippen LogP contribution < -0.4 is 14.8 Å². The van der Waals surface area contributed by atoms with Crippen LogP contribution in [-0.4, -0.2) is 28.0 Å². The van der Waals surface area contributed by atoms with Crippen LogP contribution in [0, 0.1) is 0 Å². The third-order valence-electron chi connectivity index (χ3n) is 3.19. The van der Waals surface area contributed by atoms with Gasteiger partial charge in [-0.05, 0) is 35.9 Å². The van der Waals surface area contributed by atoms with Gasteiger partial charge in [-0.15, -0.1) is 0 Å². The summed E-state index contributed by atoms with van der Waals surface area (Å²) in [6.07, 6.45) is 0. The third-order valence-corrected chi connectivity index (χ3v) is 4.98. The smallest absolute Gasteiger partial charge is 0.257 e. The molecule has 128 valence electrons. The molecule has 0 aliphatic rings. The molecule has 8 heteroatoms. The van der Waals surface area contributed by atoms with E-state index in [1.807, 2.05) is 0 Å². The number of ether oxygens (including phenoxy) is 1. The Balaban J connectivity index is 2.01. The van der Waals surface area contributed by atoms with E-state index in [-0.39, 0.29) is 24.0 Å². The van der Waals surface area contributed by atoms with E-state index in [0.29, 0.717) is 16.3 Å². The molecule has 0 bridgehead atoms. The number of nitrogens with one attached hydrogen (secondary N) is 2. The summed E-state index contributed by atoms with van der Waals surface area (Å²) in [5, 5.41) is 2.93. The van der Waals surface area contributed by atoms with Gasteiger partial charge >= 0.3 is 0 Å². The summed E-state index contributed by atoms with van der Waals surface area (Å²) in [6, 6.07) is 12.8. The Labute approximate surface area is 145 Å². The standard InChI is InChI=1S/C16H17ClN2O4S/c1-18-16(20)11-23-13-6-8-14(9-7-13)24(21,22)19-10-12-4-2-3-5-15(12)17/h2-9,19H,10-11H2,1H3,(H,18,20). The topological polar surface area (TPSA) is 84.5 Å². The monoisotopic (exact) mass is 368 g/mol. The molecular weight excluding hydrogens is 352 g/mol. The molecule has 2 aromatic rings. The highest BCUT2D eigenvalue weighted by Crippen LogP contribution is 2.18. The normalized spacial score (nSPS) is 11.1. The van der Waals surface area contributed by atoms with Crippen LogP contribution in [0.3, 0.4) is 0 Å². The summed E-state index contributed by atoms with van der Waals surface area (Å²) in [7, 11) is -2.17. The second kappa shape index (κ2) is 8.14. The van der Waals surface area contributed by atoms with E-state index in [2.05, 4.69) is 10.0 Å². The molecule has 2 rings (SSSR count). The quantitative estimate of drug-likeness (QED) is 0.782. The fourth-order valence-corrected chi connectivity index (χ4v) is 3.04. The van der Waals surface area contributed by atoms with Gasteiger partial charge in [-0.1, -0.05) is 29.8 Å². The van der Waals surface area contributed by atoms with E-state index in [1.165, 1.54) is 31.3 Å². The Bertz CT molecular complexity index is 807. The maximum absolute atomic E-state index is 12.3. The third kappa shape index (κ3) is 4.95. The van der Waals surface area contributed by atoms with Gasteiger partial charge in [0.1, 0.15) is 5.75 Å². The van der Waals surface area contributed by atoms with Gasteiger partial charge in [0.05, 0.1) is 4.90 Å². The van der Waals surface area contributed by atoms with Crippen molar-refractivity contribution in [2.24, 2.45) is 0 Å². The summed E-state index contributed by atoms with van der Waals surface area (Å²) < 4.78 is 32.3. The molecular formula is C16H17ClN2O4S. The zero-order valence-electron chi connectivity index (χ0n) is 13.0. The first-order valence-electron chi connectivity index (χ1n) is 7.09. The Morgan fingerprint density at radius 2 is 1.79 bits per heavy atom. The van der Waals surface area contributed by atoms with E-state index in [4.69, 9.17) is 16.3 Å². The summed E-state index contributed by atoms with van der Waals surface area (Å²) in [6.45, 7) is -0.0374. The fourth-order valence-electron chi connectivity index (χ4n) is 1.83. The highest BCUT2D eigenvalue weighted by Gasteiger charge is 2.14. The zero-order valence-corrected chi connectivity index (χ0v) is 14.5. The fraction of sp³-hybridized carbons (Fsp3) is 0.188. The molecule has 0 aliphatic heterocycles. The lowest BCUT2D eigenvalue weighted by molar-refractivity contribution is -0.122. The van der Waals surface area contributed by atoms with Crippen LogP contribution in [0.4, 0.5) is 0 Å². The van der Waals surface area contributed by atoms with Crippen molar-refractivity contribution < 1.29 is 17.9 Å². The van der Waals surface area contributed by atoms with Crippen LogP contribution in [0.5, 0.6) is 5.75 Å². The van der Waals surface area contributed by atoms with Crippen molar-refractivity contribution in [3.05, 3.63) is 59.1 Å². The predicted octanol–water partition coefficient (Wildman–Crippen LogP) is 1.94. The Kier molecular flexibility index (Phi) is 6.19. The maximum Gasteiger partial charge on any atom is 0.257 e. The lowest BCUT2D eigenvalue weighted by Crippen LogP contribution is -2.25. The molecule has 24 heavy (non-hydrogen) atoms. The average molecular weight is 369 g/mol. The molecule has 0 saturated carbocycles. The summed E-state index contributed by atoms with van der Waals surface area (Å²) in [4.78, 5) is 11.2. The second-order valence-electron chi connectivity index (χ2n) is 4.85. The molecule has 0 fully saturated rings. The number of likely N-dealkylation sites (N-methyl/N-ethyl adjacent to an activating group) is 1. The number of carbonyl (C=O) groups is 1. The largest absolute Gasteiger partial charge is 0.484 e. The summed E-state index contributed by atoms with van der Waals surface area (Å²) >= 11 is 6.01. The average Bonchev–Trinajstić information content (AvgIpc) is 2.59. The lowest BCUT2D eigenvalue weighted by Gasteiger charge is -2.09. The highest BCUT2D eigenvalue weighted by molar-refractivity contribution is 7.89. The van der Waals surface area contributed by atoms with Crippen molar-refractivity contribution >= 4 is 27.5 Å².